The van der Waals surface area contributed by atoms with Crippen LogP contribution in [-0.4, -0.2) is 10.2 Å². The Hall–Kier alpha value is -0.0431. The molecule has 0 aliphatic heterocycles. The second-order valence-electron chi connectivity index (χ2n) is 0.500. The van der Waals surface area contributed by atoms with E-state index in [9.17, 15) is 0 Å². The molecule has 0 aromatic rings. The molecule has 0 heterocycles. The molecule has 0 aliphatic rings. The lowest BCUT2D eigenvalue weighted by Crippen LogP contribution is -1.39. The van der Waals surface area contributed by atoms with Gasteiger partial charge in [-0.1, -0.05) is 6.08 Å². The fraction of sp³-hybridized carbons (Fsp3) is 0.333. The lowest BCUT2D eigenvalue weighted by atomic mass is 10.8. The summed E-state index contributed by atoms with van der Waals surface area (Å²) in [6.45, 7) is 1.95. The third-order valence-corrected chi connectivity index (χ3v) is 0.500. The van der Waals surface area contributed by atoms with Gasteiger partial charge in [0.15, 0.2) is 0 Å². The molecule has 0 aromatic heterocycles. The second kappa shape index (κ2) is 2.96. The van der Waals surface area contributed by atoms with Crippen LogP contribution in [-0.2, 0) is 0 Å². The highest BCUT2D eigenvalue weighted by atomic mass is 28.1. The first-order valence-corrected chi connectivity index (χ1v) is 1.78. The molecule has 4 heavy (non-hydrogen) atoms. The van der Waals surface area contributed by atoms with Gasteiger partial charge < -0.3 is 0 Å². The molecule has 0 unspecified atom stereocenters. The Morgan fingerprint density at radius 2 is 2.00 bits per heavy atom. The van der Waals surface area contributed by atoms with Crippen molar-refractivity contribution in [2.24, 2.45) is 0 Å². The highest BCUT2D eigenvalue weighted by Gasteiger charge is 1.35. The van der Waals surface area contributed by atoms with Crippen molar-refractivity contribution in [3.05, 3.63) is 11.8 Å². The normalized spacial score (nSPS) is 9.50. The van der Waals surface area contributed by atoms with Crippen molar-refractivity contribution in [2.45, 2.75) is 6.92 Å². The molecule has 0 saturated carbocycles. The summed E-state index contributed by atoms with van der Waals surface area (Å²) < 4.78 is 0. The first-order chi connectivity index (χ1) is 1.91. The van der Waals surface area contributed by atoms with Gasteiger partial charge in [0.05, 0.1) is 10.2 Å². The van der Waals surface area contributed by atoms with Gasteiger partial charge in [0.1, 0.15) is 0 Å². The number of rotatable bonds is 0. The van der Waals surface area contributed by atoms with E-state index in [1.165, 1.54) is 0 Å². The largest absolute Gasteiger partial charge is 0.106 e. The van der Waals surface area contributed by atoms with Gasteiger partial charge in [-0.05, 0) is 6.92 Å². The first-order valence-electron chi connectivity index (χ1n) is 1.20. The van der Waals surface area contributed by atoms with Gasteiger partial charge in [-0.2, -0.15) is 0 Å². The topological polar surface area (TPSA) is 0 Å². The van der Waals surface area contributed by atoms with Crippen LogP contribution in [0.3, 0.4) is 0 Å². The van der Waals surface area contributed by atoms with Gasteiger partial charge >= 0.3 is 0 Å². The first kappa shape index (κ1) is 3.96. The summed E-state index contributed by atoms with van der Waals surface area (Å²) >= 11 is 0. The molecule has 0 amide bonds. The Kier molecular flexibility index (Phi) is 2.93. The average molecular weight is 69.2 g/mol. The highest BCUT2D eigenvalue weighted by molar-refractivity contribution is 6.16. The molecular formula is C3H5Si. The summed E-state index contributed by atoms with van der Waals surface area (Å²) in [7, 11) is 3.11. The van der Waals surface area contributed by atoms with E-state index >= 15 is 0 Å². The van der Waals surface area contributed by atoms with Crippen LogP contribution in [0.5, 0.6) is 0 Å². The Morgan fingerprint density at radius 1 is 1.75 bits per heavy atom. The van der Waals surface area contributed by atoms with Gasteiger partial charge in [-0.3, -0.25) is 0 Å². The monoisotopic (exact) mass is 69.0 g/mol. The number of hydrogen-bond acceptors (Lipinski definition) is 0. The summed E-state index contributed by atoms with van der Waals surface area (Å²) in [4.78, 5) is 0. The lowest BCUT2D eigenvalue weighted by molar-refractivity contribution is 1.78. The molecule has 0 nitrogen and oxygen atoms in total. The summed E-state index contributed by atoms with van der Waals surface area (Å²) in [5.74, 6) is 0. The molecule has 3 radical (unpaired) electrons. The summed E-state index contributed by atoms with van der Waals surface area (Å²) in [6.07, 6.45) is 1.91. The molecule has 0 atom stereocenters. The predicted molar refractivity (Wildman–Crippen MR) is 20.6 cm³/mol. The van der Waals surface area contributed by atoms with Crippen molar-refractivity contribution in [1.29, 1.82) is 0 Å². The maximum atomic E-state index is 3.11. The van der Waals surface area contributed by atoms with E-state index in [2.05, 4.69) is 10.2 Å². The van der Waals surface area contributed by atoms with Crippen LogP contribution in [0.25, 0.3) is 0 Å². The minimum atomic E-state index is 1.81. The zero-order chi connectivity index (χ0) is 3.41. The maximum absolute atomic E-state index is 3.11. The molecule has 0 aliphatic carbocycles. The molecule has 0 bridgehead atoms. The number of hydrogen-bond donors (Lipinski definition) is 0. The smallest absolute Gasteiger partial charge is 0.0596 e. The molecule has 0 aromatic carbocycles. The standard InChI is InChI=1S/C3H5Si/c1-2-3-4/h2-3H,1H3/b3-2+. The minimum absolute atomic E-state index is 1.81. The maximum Gasteiger partial charge on any atom is 0.0596 e. The summed E-state index contributed by atoms with van der Waals surface area (Å²) in [6, 6.07) is 0. The van der Waals surface area contributed by atoms with Gasteiger partial charge in [0.2, 0.25) is 0 Å². The molecule has 1 heteroatoms. The van der Waals surface area contributed by atoms with Gasteiger partial charge in [-0.15, -0.1) is 5.70 Å². The molecule has 0 rings (SSSR count). The van der Waals surface area contributed by atoms with Crippen molar-refractivity contribution >= 4 is 10.2 Å². The Labute approximate surface area is 30.0 Å². The second-order valence-corrected chi connectivity index (χ2v) is 0.833. The molecule has 21 valence electrons. The minimum Gasteiger partial charge on any atom is -0.106 e. The Balaban J connectivity index is 2.55. The van der Waals surface area contributed by atoms with E-state index in [4.69, 9.17) is 0 Å². The fourth-order valence-electron chi connectivity index (χ4n) is 0. The molecule has 0 saturated heterocycles. The Morgan fingerprint density at radius 3 is 2.00 bits per heavy atom. The van der Waals surface area contributed by atoms with E-state index in [1.807, 2.05) is 13.0 Å². The van der Waals surface area contributed by atoms with E-state index in [-0.39, 0.29) is 0 Å². The molecule has 0 N–H and O–H groups in total. The third-order valence-electron chi connectivity index (χ3n) is 0.167. The zero-order valence-corrected chi connectivity index (χ0v) is 3.65. The predicted octanol–water partition coefficient (Wildman–Crippen LogP) is 0.689. The van der Waals surface area contributed by atoms with E-state index in [0.29, 0.717) is 0 Å². The van der Waals surface area contributed by atoms with Crippen molar-refractivity contribution in [3.8, 4) is 0 Å². The van der Waals surface area contributed by atoms with Crippen molar-refractivity contribution in [2.75, 3.05) is 0 Å². The number of allylic oxidation sites excluding steroid dienone is 1. The quantitative estimate of drug-likeness (QED) is 0.367. The zero-order valence-electron chi connectivity index (χ0n) is 2.65. The molecule has 0 fully saturated rings. The van der Waals surface area contributed by atoms with Crippen LogP contribution in [0.1, 0.15) is 6.92 Å². The third kappa shape index (κ3) is 1.96. The molecule has 0 spiro atoms. The van der Waals surface area contributed by atoms with Crippen LogP contribution < -0.4 is 0 Å². The van der Waals surface area contributed by atoms with Crippen LogP contribution in [0.2, 0.25) is 0 Å². The fourth-order valence-corrected chi connectivity index (χ4v) is 0. The van der Waals surface area contributed by atoms with Crippen molar-refractivity contribution in [1.82, 2.24) is 0 Å². The average Bonchev–Trinajstić information content (AvgIpc) is 1.37. The van der Waals surface area contributed by atoms with Crippen LogP contribution >= 0.6 is 0 Å². The Bertz CT molecular complexity index is 18.5. The van der Waals surface area contributed by atoms with Crippen molar-refractivity contribution in [3.63, 3.8) is 0 Å². The SMILES string of the molecule is C/C=C/[Si]. The van der Waals surface area contributed by atoms with Crippen LogP contribution in [0, 0.1) is 0 Å². The van der Waals surface area contributed by atoms with E-state index < -0.39 is 0 Å². The lowest BCUT2D eigenvalue weighted by Gasteiger charge is -1.48. The summed E-state index contributed by atoms with van der Waals surface area (Å²) in [5.41, 5.74) is 1.81. The molecular weight excluding hydrogens is 64.1 g/mol. The van der Waals surface area contributed by atoms with Gasteiger partial charge in [0, 0.05) is 0 Å². The van der Waals surface area contributed by atoms with Crippen LogP contribution in [0.15, 0.2) is 11.8 Å². The van der Waals surface area contributed by atoms with Gasteiger partial charge in [-0.25, -0.2) is 0 Å². The van der Waals surface area contributed by atoms with E-state index in [0.717, 1.165) is 0 Å². The van der Waals surface area contributed by atoms with E-state index in [1.54, 1.807) is 5.70 Å². The van der Waals surface area contributed by atoms with Crippen LogP contribution in [0.4, 0.5) is 0 Å². The summed E-state index contributed by atoms with van der Waals surface area (Å²) in [5, 5.41) is 0. The highest BCUT2D eigenvalue weighted by Crippen LogP contribution is 1.50. The van der Waals surface area contributed by atoms with Gasteiger partial charge in [0.25, 0.3) is 0 Å². The van der Waals surface area contributed by atoms with Crippen molar-refractivity contribution < 1.29 is 0 Å².